The molecule has 0 spiro atoms. The first-order chi connectivity index (χ1) is 9.08. The van der Waals surface area contributed by atoms with Gasteiger partial charge in [-0.3, -0.25) is 4.79 Å². The quantitative estimate of drug-likeness (QED) is 0.808. The Balaban J connectivity index is 1.73. The number of amides is 2. The van der Waals surface area contributed by atoms with Gasteiger partial charge in [0.2, 0.25) is 0 Å². The second-order valence-corrected chi connectivity index (χ2v) is 4.71. The Morgan fingerprint density at radius 1 is 1.58 bits per heavy atom. The summed E-state index contributed by atoms with van der Waals surface area (Å²) in [7, 11) is 1.90. The summed E-state index contributed by atoms with van der Waals surface area (Å²) in [4.78, 5) is 28.3. The number of rotatable bonds is 4. The zero-order chi connectivity index (χ0) is 13.8. The maximum Gasteiger partial charge on any atom is 0.317 e. The normalized spacial score (nSPS) is 18.6. The molecule has 0 aromatic carbocycles. The third-order valence-electron chi connectivity index (χ3n) is 3.37. The highest BCUT2D eigenvalue weighted by Crippen LogP contribution is 2.15. The largest absolute Gasteiger partial charge is 0.481 e. The first-order valence-corrected chi connectivity index (χ1v) is 6.29. The van der Waals surface area contributed by atoms with Gasteiger partial charge in [0.05, 0.1) is 5.92 Å². The van der Waals surface area contributed by atoms with Gasteiger partial charge in [-0.05, 0) is 6.42 Å². The van der Waals surface area contributed by atoms with Crippen molar-refractivity contribution in [3.05, 3.63) is 18.2 Å². The van der Waals surface area contributed by atoms with Crippen molar-refractivity contribution in [1.82, 2.24) is 19.8 Å². The van der Waals surface area contributed by atoms with Crippen molar-refractivity contribution in [2.24, 2.45) is 13.0 Å². The SMILES string of the molecule is Cn1ccnc1CCNC(=O)N1CCC(C(=O)O)C1. The van der Waals surface area contributed by atoms with Crippen molar-refractivity contribution in [1.29, 1.82) is 0 Å². The second kappa shape index (κ2) is 5.73. The summed E-state index contributed by atoms with van der Waals surface area (Å²) in [6.07, 6.45) is 4.76. The maximum atomic E-state index is 11.8. The van der Waals surface area contributed by atoms with E-state index in [2.05, 4.69) is 10.3 Å². The Hall–Kier alpha value is -2.05. The topological polar surface area (TPSA) is 87.5 Å². The lowest BCUT2D eigenvalue weighted by Crippen LogP contribution is -2.39. The van der Waals surface area contributed by atoms with Crippen molar-refractivity contribution in [2.75, 3.05) is 19.6 Å². The number of hydrogen-bond donors (Lipinski definition) is 2. The molecule has 2 N–H and O–H groups in total. The number of carboxylic acids is 1. The van der Waals surface area contributed by atoms with Crippen LogP contribution in [0.1, 0.15) is 12.2 Å². The number of urea groups is 1. The zero-order valence-corrected chi connectivity index (χ0v) is 10.9. The Morgan fingerprint density at radius 2 is 2.37 bits per heavy atom. The molecule has 2 heterocycles. The number of carbonyl (C=O) groups excluding carboxylic acids is 1. The molecule has 1 unspecified atom stereocenters. The van der Waals surface area contributed by atoms with Gasteiger partial charge in [-0.25, -0.2) is 9.78 Å². The van der Waals surface area contributed by atoms with E-state index >= 15 is 0 Å². The molecule has 1 aliphatic rings. The molecule has 104 valence electrons. The summed E-state index contributed by atoms with van der Waals surface area (Å²) in [5, 5.41) is 11.7. The summed E-state index contributed by atoms with van der Waals surface area (Å²) in [5.74, 6) is -0.353. The van der Waals surface area contributed by atoms with Crippen molar-refractivity contribution < 1.29 is 14.7 Å². The van der Waals surface area contributed by atoms with Gasteiger partial charge >= 0.3 is 12.0 Å². The van der Waals surface area contributed by atoms with Gasteiger partial charge in [-0.15, -0.1) is 0 Å². The molecule has 7 nitrogen and oxygen atoms in total. The summed E-state index contributed by atoms with van der Waals surface area (Å²) in [5.41, 5.74) is 0. The smallest absolute Gasteiger partial charge is 0.317 e. The first kappa shape index (κ1) is 13.4. The third-order valence-corrected chi connectivity index (χ3v) is 3.37. The minimum absolute atomic E-state index is 0.196. The second-order valence-electron chi connectivity index (χ2n) is 4.71. The van der Waals surface area contributed by atoms with E-state index < -0.39 is 11.9 Å². The molecule has 0 aliphatic carbocycles. The van der Waals surface area contributed by atoms with Crippen molar-refractivity contribution in [3.63, 3.8) is 0 Å². The molecule has 7 heteroatoms. The first-order valence-electron chi connectivity index (χ1n) is 6.29. The lowest BCUT2D eigenvalue weighted by Gasteiger charge is -2.16. The molecule has 0 saturated carbocycles. The predicted molar refractivity (Wildman–Crippen MR) is 67.6 cm³/mol. The van der Waals surface area contributed by atoms with Crippen LogP contribution in [-0.4, -0.2) is 51.2 Å². The predicted octanol–water partition coefficient (Wildman–Crippen LogP) is 0.0787. The Labute approximate surface area is 111 Å². The molecule has 1 aromatic heterocycles. The van der Waals surface area contributed by atoms with Crippen molar-refractivity contribution in [2.45, 2.75) is 12.8 Å². The summed E-state index contributed by atoms with van der Waals surface area (Å²) < 4.78 is 1.91. The number of aryl methyl sites for hydroxylation is 1. The van der Waals surface area contributed by atoms with Crippen LogP contribution < -0.4 is 5.32 Å². The van der Waals surface area contributed by atoms with Gasteiger partial charge in [0.15, 0.2) is 0 Å². The van der Waals surface area contributed by atoms with Crippen LogP contribution in [0.15, 0.2) is 12.4 Å². The van der Waals surface area contributed by atoms with Gasteiger partial charge in [0.1, 0.15) is 5.82 Å². The van der Waals surface area contributed by atoms with Crippen LogP contribution >= 0.6 is 0 Å². The van der Waals surface area contributed by atoms with Crippen LogP contribution in [0, 0.1) is 5.92 Å². The molecular weight excluding hydrogens is 248 g/mol. The van der Waals surface area contributed by atoms with E-state index in [1.807, 2.05) is 17.8 Å². The van der Waals surface area contributed by atoms with E-state index in [4.69, 9.17) is 5.11 Å². The molecule has 0 bridgehead atoms. The average Bonchev–Trinajstić information content (AvgIpc) is 2.98. The summed E-state index contributed by atoms with van der Waals surface area (Å²) in [6, 6.07) is -0.196. The number of imidazole rings is 1. The molecular formula is C12H18N4O3. The van der Waals surface area contributed by atoms with Crippen LogP contribution in [0.4, 0.5) is 4.79 Å². The highest BCUT2D eigenvalue weighted by Gasteiger charge is 2.30. The van der Waals surface area contributed by atoms with E-state index in [1.54, 1.807) is 11.1 Å². The number of aliphatic carboxylic acids is 1. The Morgan fingerprint density at radius 3 is 2.95 bits per heavy atom. The highest BCUT2D eigenvalue weighted by molar-refractivity contribution is 5.77. The van der Waals surface area contributed by atoms with Gasteiger partial charge in [0, 0.05) is 45.5 Å². The molecule has 1 saturated heterocycles. The maximum absolute atomic E-state index is 11.8. The molecule has 1 atom stereocenters. The molecule has 0 radical (unpaired) electrons. The number of hydrogen-bond acceptors (Lipinski definition) is 3. The standard InChI is InChI=1S/C12H18N4O3/c1-15-7-5-13-10(15)2-4-14-12(19)16-6-3-9(8-16)11(17)18/h5,7,9H,2-4,6,8H2,1H3,(H,14,19)(H,17,18). The summed E-state index contributed by atoms with van der Waals surface area (Å²) >= 11 is 0. The fraction of sp³-hybridized carbons (Fsp3) is 0.583. The molecule has 1 fully saturated rings. The fourth-order valence-corrected chi connectivity index (χ4v) is 2.18. The zero-order valence-electron chi connectivity index (χ0n) is 10.9. The number of nitrogens with one attached hydrogen (secondary N) is 1. The van der Waals surface area contributed by atoms with Gasteiger partial charge < -0.3 is 19.9 Å². The number of carboxylic acid groups (broad SMARTS) is 1. The number of carbonyl (C=O) groups is 2. The molecule has 19 heavy (non-hydrogen) atoms. The molecule has 2 amide bonds. The van der Waals surface area contributed by atoms with Crippen LogP contribution in [-0.2, 0) is 18.3 Å². The van der Waals surface area contributed by atoms with E-state index in [-0.39, 0.29) is 6.03 Å². The van der Waals surface area contributed by atoms with Gasteiger partial charge in [-0.2, -0.15) is 0 Å². The van der Waals surface area contributed by atoms with Crippen LogP contribution in [0.25, 0.3) is 0 Å². The van der Waals surface area contributed by atoms with Gasteiger partial charge in [-0.1, -0.05) is 0 Å². The lowest BCUT2D eigenvalue weighted by molar-refractivity contribution is -0.141. The van der Waals surface area contributed by atoms with E-state index in [0.717, 1.165) is 5.82 Å². The average molecular weight is 266 g/mol. The van der Waals surface area contributed by atoms with Crippen LogP contribution in [0.2, 0.25) is 0 Å². The molecule has 1 aromatic rings. The van der Waals surface area contributed by atoms with Crippen molar-refractivity contribution in [3.8, 4) is 0 Å². The fourth-order valence-electron chi connectivity index (χ4n) is 2.18. The molecule has 1 aliphatic heterocycles. The number of aromatic nitrogens is 2. The minimum atomic E-state index is -0.830. The Bertz CT molecular complexity index is 471. The van der Waals surface area contributed by atoms with E-state index in [9.17, 15) is 9.59 Å². The highest BCUT2D eigenvalue weighted by atomic mass is 16.4. The monoisotopic (exact) mass is 266 g/mol. The Kier molecular flexibility index (Phi) is 4.03. The molecule has 2 rings (SSSR count). The minimum Gasteiger partial charge on any atom is -0.481 e. The summed E-state index contributed by atoms with van der Waals surface area (Å²) in [6.45, 7) is 1.30. The van der Waals surface area contributed by atoms with E-state index in [0.29, 0.717) is 32.5 Å². The van der Waals surface area contributed by atoms with Crippen LogP contribution in [0.3, 0.4) is 0 Å². The van der Waals surface area contributed by atoms with Crippen molar-refractivity contribution >= 4 is 12.0 Å². The number of likely N-dealkylation sites (tertiary alicyclic amines) is 1. The lowest BCUT2D eigenvalue weighted by atomic mass is 10.1. The van der Waals surface area contributed by atoms with E-state index in [1.165, 1.54) is 0 Å². The van der Waals surface area contributed by atoms with Gasteiger partial charge in [0.25, 0.3) is 0 Å². The third kappa shape index (κ3) is 3.24. The van der Waals surface area contributed by atoms with Crippen LogP contribution in [0.5, 0.6) is 0 Å². The number of nitrogens with zero attached hydrogens (tertiary/aromatic N) is 3.